The minimum Gasteiger partial charge on any atom is -0.350 e. The first-order chi connectivity index (χ1) is 11.6. The van der Waals surface area contributed by atoms with Crippen LogP contribution in [0.25, 0.3) is 10.6 Å². The zero-order chi connectivity index (χ0) is 16.9. The van der Waals surface area contributed by atoms with Gasteiger partial charge in [0.15, 0.2) is 0 Å². The molecule has 124 valence electrons. The van der Waals surface area contributed by atoms with E-state index in [1.54, 1.807) is 34.4 Å². The van der Waals surface area contributed by atoms with Crippen molar-refractivity contribution in [2.75, 3.05) is 5.75 Å². The number of aromatic nitrogens is 1. The van der Waals surface area contributed by atoms with Gasteiger partial charge in [-0.05, 0) is 37.6 Å². The lowest BCUT2D eigenvalue weighted by atomic mass is 10.2. The second-order valence-corrected chi connectivity index (χ2v) is 8.60. The molecule has 0 saturated carbocycles. The van der Waals surface area contributed by atoms with Crippen molar-refractivity contribution < 1.29 is 4.79 Å². The summed E-state index contributed by atoms with van der Waals surface area (Å²) >= 11 is 4.91. The average Bonchev–Trinajstić information content (AvgIpc) is 3.21. The highest BCUT2D eigenvalue weighted by Gasteiger charge is 2.08. The highest BCUT2D eigenvalue weighted by Crippen LogP contribution is 2.29. The number of nitrogens with zero attached hydrogens (tertiary/aromatic N) is 1. The quantitative estimate of drug-likeness (QED) is 0.624. The molecule has 0 fully saturated rings. The van der Waals surface area contributed by atoms with Crippen molar-refractivity contribution in [1.82, 2.24) is 10.3 Å². The Morgan fingerprint density at radius 3 is 2.79 bits per heavy atom. The molecule has 1 amide bonds. The van der Waals surface area contributed by atoms with Crippen LogP contribution in [-0.4, -0.2) is 16.6 Å². The van der Waals surface area contributed by atoms with Crippen LogP contribution in [0.1, 0.15) is 15.4 Å². The minimum atomic E-state index is 0.0581. The van der Waals surface area contributed by atoms with E-state index >= 15 is 0 Å². The number of nitrogens with one attached hydrogen (secondary N) is 1. The zero-order valence-corrected chi connectivity index (χ0v) is 16.0. The van der Waals surface area contributed by atoms with Crippen molar-refractivity contribution in [3.8, 4) is 10.6 Å². The second kappa shape index (κ2) is 7.96. The van der Waals surface area contributed by atoms with Gasteiger partial charge in [-0.3, -0.25) is 4.79 Å². The monoisotopic (exact) mass is 374 g/mol. The predicted molar refractivity (Wildman–Crippen MR) is 104 cm³/mol. The fourth-order valence-electron chi connectivity index (χ4n) is 2.19. The fraction of sp³-hybridized carbons (Fsp3) is 0.222. The summed E-state index contributed by atoms with van der Waals surface area (Å²) in [4.78, 5) is 20.0. The Bertz CT molecular complexity index is 838. The molecule has 3 rings (SSSR count). The highest BCUT2D eigenvalue weighted by molar-refractivity contribution is 8.00. The normalized spacial score (nSPS) is 10.8. The van der Waals surface area contributed by atoms with E-state index in [1.165, 1.54) is 5.56 Å². The maximum absolute atomic E-state index is 12.0. The van der Waals surface area contributed by atoms with Gasteiger partial charge in [0.2, 0.25) is 5.91 Å². The van der Waals surface area contributed by atoms with Crippen LogP contribution in [0.5, 0.6) is 0 Å². The first-order valence-corrected chi connectivity index (χ1v) is 10.3. The number of benzene rings is 1. The molecule has 1 aromatic carbocycles. The van der Waals surface area contributed by atoms with Crippen LogP contribution in [0, 0.1) is 13.8 Å². The number of hydrogen-bond acceptors (Lipinski definition) is 5. The molecule has 0 bridgehead atoms. The number of rotatable bonds is 6. The Morgan fingerprint density at radius 2 is 2.04 bits per heavy atom. The molecule has 0 aliphatic rings. The van der Waals surface area contributed by atoms with Crippen LogP contribution in [0.2, 0.25) is 0 Å². The molecule has 2 heterocycles. The summed E-state index contributed by atoms with van der Waals surface area (Å²) in [6.45, 7) is 4.64. The Hall–Kier alpha value is -1.63. The maximum Gasteiger partial charge on any atom is 0.230 e. The third-order valence-corrected chi connectivity index (χ3v) is 6.50. The molecule has 0 aliphatic heterocycles. The summed E-state index contributed by atoms with van der Waals surface area (Å²) in [7, 11) is 0. The molecule has 1 N–H and O–H groups in total. The van der Waals surface area contributed by atoms with Gasteiger partial charge in [0, 0.05) is 15.2 Å². The molecule has 0 atom stereocenters. The van der Waals surface area contributed by atoms with Crippen LogP contribution >= 0.6 is 34.4 Å². The molecular formula is C18H18N2OS3. The molecule has 6 heteroatoms. The predicted octanol–water partition coefficient (Wildman–Crippen LogP) is 4.90. The maximum atomic E-state index is 12.0. The molecule has 3 nitrogen and oxygen atoms in total. The number of carbonyl (C=O) groups is 1. The Morgan fingerprint density at radius 1 is 1.21 bits per heavy atom. The smallest absolute Gasteiger partial charge is 0.230 e. The van der Waals surface area contributed by atoms with E-state index in [1.807, 2.05) is 19.1 Å². The number of hydrogen-bond donors (Lipinski definition) is 1. The second-order valence-electron chi connectivity index (χ2n) is 5.35. The van der Waals surface area contributed by atoms with Crippen molar-refractivity contribution in [3.63, 3.8) is 0 Å². The number of aryl methyl sites for hydroxylation is 2. The van der Waals surface area contributed by atoms with Crippen molar-refractivity contribution in [3.05, 3.63) is 57.2 Å². The number of thiazole rings is 1. The van der Waals surface area contributed by atoms with Gasteiger partial charge in [0.05, 0.1) is 27.9 Å². The zero-order valence-electron chi connectivity index (χ0n) is 13.5. The third-order valence-electron chi connectivity index (χ3n) is 3.45. The fourth-order valence-corrected chi connectivity index (χ4v) is 4.64. The first kappa shape index (κ1) is 17.2. The lowest BCUT2D eigenvalue weighted by Gasteiger charge is -2.06. The van der Waals surface area contributed by atoms with Gasteiger partial charge in [0.25, 0.3) is 0 Å². The van der Waals surface area contributed by atoms with Gasteiger partial charge in [-0.25, -0.2) is 4.98 Å². The number of thiophene rings is 1. The molecular weight excluding hydrogens is 356 g/mol. The van der Waals surface area contributed by atoms with Crippen molar-refractivity contribution in [2.45, 2.75) is 25.3 Å². The van der Waals surface area contributed by atoms with Gasteiger partial charge >= 0.3 is 0 Å². The first-order valence-electron chi connectivity index (χ1n) is 7.58. The SMILES string of the molecule is Cc1nc(-c2ccc(CNC(=O)CSc3ccccc3C)s2)cs1. The summed E-state index contributed by atoms with van der Waals surface area (Å²) in [5, 5.41) is 6.13. The van der Waals surface area contributed by atoms with Gasteiger partial charge in [-0.1, -0.05) is 18.2 Å². The molecule has 24 heavy (non-hydrogen) atoms. The molecule has 0 unspecified atom stereocenters. The van der Waals surface area contributed by atoms with Crippen molar-refractivity contribution >= 4 is 40.3 Å². The van der Waals surface area contributed by atoms with Gasteiger partial charge < -0.3 is 5.32 Å². The Kier molecular flexibility index (Phi) is 5.71. The molecule has 0 radical (unpaired) electrons. The topological polar surface area (TPSA) is 42.0 Å². The van der Waals surface area contributed by atoms with E-state index in [-0.39, 0.29) is 5.91 Å². The van der Waals surface area contributed by atoms with Crippen molar-refractivity contribution in [2.24, 2.45) is 0 Å². The van der Waals surface area contributed by atoms with Gasteiger partial charge in [0.1, 0.15) is 0 Å². The summed E-state index contributed by atoms with van der Waals surface area (Å²) in [5.74, 6) is 0.497. The van der Waals surface area contributed by atoms with Crippen LogP contribution in [0.4, 0.5) is 0 Å². The van der Waals surface area contributed by atoms with Crippen LogP contribution in [0.3, 0.4) is 0 Å². The van der Waals surface area contributed by atoms with E-state index in [2.05, 4.69) is 46.9 Å². The van der Waals surface area contributed by atoms with E-state index in [0.717, 1.165) is 25.4 Å². The van der Waals surface area contributed by atoms with E-state index < -0.39 is 0 Å². The van der Waals surface area contributed by atoms with Gasteiger partial charge in [-0.2, -0.15) is 0 Å². The van der Waals surface area contributed by atoms with Crippen LogP contribution in [0.15, 0.2) is 46.7 Å². The van der Waals surface area contributed by atoms with Crippen molar-refractivity contribution in [1.29, 1.82) is 0 Å². The van der Waals surface area contributed by atoms with Crippen LogP contribution < -0.4 is 5.32 Å². The average molecular weight is 375 g/mol. The highest BCUT2D eigenvalue weighted by atomic mass is 32.2. The lowest BCUT2D eigenvalue weighted by Crippen LogP contribution is -2.24. The summed E-state index contributed by atoms with van der Waals surface area (Å²) in [6.07, 6.45) is 0. The molecule has 0 spiro atoms. The Balaban J connectivity index is 1.50. The minimum absolute atomic E-state index is 0.0581. The summed E-state index contributed by atoms with van der Waals surface area (Å²) in [5.41, 5.74) is 2.23. The summed E-state index contributed by atoms with van der Waals surface area (Å²) in [6, 6.07) is 12.3. The lowest BCUT2D eigenvalue weighted by molar-refractivity contribution is -0.118. The van der Waals surface area contributed by atoms with E-state index in [4.69, 9.17) is 0 Å². The third kappa shape index (κ3) is 4.47. The molecule has 0 aliphatic carbocycles. The molecule has 3 aromatic rings. The standard InChI is InChI=1S/C18H18N2OS3/c1-12-5-3-4-6-16(12)23-11-18(21)19-9-14-7-8-17(24-14)15-10-22-13(2)20-15/h3-8,10H,9,11H2,1-2H3,(H,19,21). The molecule has 0 saturated heterocycles. The van der Waals surface area contributed by atoms with Gasteiger partial charge in [-0.15, -0.1) is 34.4 Å². The number of amides is 1. The molecule has 2 aromatic heterocycles. The number of thioether (sulfide) groups is 1. The Labute approximate surface area is 154 Å². The van der Waals surface area contributed by atoms with E-state index in [9.17, 15) is 4.79 Å². The largest absolute Gasteiger partial charge is 0.350 e. The van der Waals surface area contributed by atoms with E-state index in [0.29, 0.717) is 12.3 Å². The summed E-state index contributed by atoms with van der Waals surface area (Å²) < 4.78 is 0. The van der Waals surface area contributed by atoms with Crippen LogP contribution in [-0.2, 0) is 11.3 Å². The number of carbonyl (C=O) groups excluding carboxylic acids is 1.